The molecule has 2 aromatic rings. The minimum absolute atomic E-state index is 0.179. The summed E-state index contributed by atoms with van der Waals surface area (Å²) in [6, 6.07) is 14.7. The van der Waals surface area contributed by atoms with Crippen molar-refractivity contribution in [2.24, 2.45) is 0 Å². The number of carbonyl (C=O) groups excluding carboxylic acids is 2. The SMILES string of the molecule is Cc1ccc(COc2ccc(COC(=O)[C@@H](C)N[C@@H](C)C=O)cc2)cc1. The summed E-state index contributed by atoms with van der Waals surface area (Å²) in [5.41, 5.74) is 3.20. The average Bonchev–Trinajstić information content (AvgIpc) is 2.66. The van der Waals surface area contributed by atoms with E-state index in [2.05, 4.69) is 24.4 Å². The number of hydrogen-bond donors (Lipinski definition) is 1. The van der Waals surface area contributed by atoms with Gasteiger partial charge in [0.25, 0.3) is 0 Å². The van der Waals surface area contributed by atoms with E-state index in [1.165, 1.54) is 5.56 Å². The van der Waals surface area contributed by atoms with E-state index in [0.29, 0.717) is 6.61 Å². The van der Waals surface area contributed by atoms with Gasteiger partial charge < -0.3 is 14.3 Å². The number of aldehydes is 1. The fourth-order valence-electron chi connectivity index (χ4n) is 2.31. The summed E-state index contributed by atoms with van der Waals surface area (Å²) < 4.78 is 11.0. The molecule has 0 aromatic heterocycles. The molecule has 0 saturated carbocycles. The lowest BCUT2D eigenvalue weighted by atomic mass is 10.2. The van der Waals surface area contributed by atoms with Crippen LogP contribution >= 0.6 is 0 Å². The third-order valence-corrected chi connectivity index (χ3v) is 3.90. The first kappa shape index (κ1) is 19.7. The van der Waals surface area contributed by atoms with Crippen molar-refractivity contribution in [3.05, 3.63) is 65.2 Å². The largest absolute Gasteiger partial charge is 0.489 e. The van der Waals surface area contributed by atoms with Gasteiger partial charge in [-0.1, -0.05) is 42.0 Å². The van der Waals surface area contributed by atoms with Crippen LogP contribution in [-0.2, 0) is 27.5 Å². The summed E-state index contributed by atoms with van der Waals surface area (Å²) in [4.78, 5) is 22.5. The van der Waals surface area contributed by atoms with Gasteiger partial charge in [0.1, 0.15) is 31.3 Å². The van der Waals surface area contributed by atoms with Gasteiger partial charge in [0, 0.05) is 0 Å². The van der Waals surface area contributed by atoms with Crippen molar-refractivity contribution in [2.45, 2.75) is 46.1 Å². The van der Waals surface area contributed by atoms with Crippen LogP contribution in [-0.4, -0.2) is 24.3 Å². The maximum Gasteiger partial charge on any atom is 0.323 e. The summed E-state index contributed by atoms with van der Waals surface area (Å²) >= 11 is 0. The molecule has 138 valence electrons. The lowest BCUT2D eigenvalue weighted by molar-refractivity contribution is -0.147. The van der Waals surface area contributed by atoms with Gasteiger partial charge in [-0.2, -0.15) is 0 Å². The maximum atomic E-state index is 11.9. The maximum absolute atomic E-state index is 11.9. The van der Waals surface area contributed by atoms with Gasteiger partial charge in [-0.15, -0.1) is 0 Å². The molecule has 2 rings (SSSR count). The standard InChI is InChI=1S/C21H25NO4/c1-15-4-6-18(7-5-15)13-25-20-10-8-19(9-11-20)14-26-21(24)17(3)22-16(2)12-23/h4-12,16-17,22H,13-14H2,1-3H3/t16-,17+/m0/s1. The Morgan fingerprint density at radius 1 is 1.00 bits per heavy atom. The Morgan fingerprint density at radius 3 is 2.19 bits per heavy atom. The molecule has 0 amide bonds. The lowest BCUT2D eigenvalue weighted by Gasteiger charge is -2.15. The summed E-state index contributed by atoms with van der Waals surface area (Å²) in [6.45, 7) is 6.09. The summed E-state index contributed by atoms with van der Waals surface area (Å²) in [7, 11) is 0. The highest BCUT2D eigenvalue weighted by atomic mass is 16.5. The van der Waals surface area contributed by atoms with Crippen LogP contribution in [0.2, 0.25) is 0 Å². The van der Waals surface area contributed by atoms with Gasteiger partial charge in [0.2, 0.25) is 0 Å². The van der Waals surface area contributed by atoms with Crippen molar-refractivity contribution in [1.29, 1.82) is 0 Å². The number of rotatable bonds is 9. The summed E-state index contributed by atoms with van der Waals surface area (Å²) in [6.07, 6.45) is 0.749. The molecule has 2 aromatic carbocycles. The molecule has 5 heteroatoms. The Morgan fingerprint density at radius 2 is 1.58 bits per heavy atom. The van der Waals surface area contributed by atoms with Gasteiger partial charge in [-0.3, -0.25) is 10.1 Å². The summed E-state index contributed by atoms with van der Waals surface area (Å²) in [5.74, 6) is 0.369. The predicted octanol–water partition coefficient (Wildman–Crippen LogP) is 3.18. The van der Waals surface area contributed by atoms with Crippen LogP contribution in [0.1, 0.15) is 30.5 Å². The molecule has 0 unspecified atom stereocenters. The molecule has 0 aliphatic heterocycles. The molecular formula is C21H25NO4. The fourth-order valence-corrected chi connectivity index (χ4v) is 2.31. The molecule has 0 saturated heterocycles. The Kier molecular flexibility index (Phi) is 7.36. The Labute approximate surface area is 154 Å². The van der Waals surface area contributed by atoms with E-state index in [9.17, 15) is 9.59 Å². The monoisotopic (exact) mass is 355 g/mol. The molecular weight excluding hydrogens is 330 g/mol. The molecule has 0 radical (unpaired) electrons. The van der Waals surface area contributed by atoms with Gasteiger partial charge >= 0.3 is 5.97 Å². The van der Waals surface area contributed by atoms with E-state index in [1.54, 1.807) is 13.8 Å². The smallest absolute Gasteiger partial charge is 0.323 e. The Bertz CT molecular complexity index is 710. The van der Waals surface area contributed by atoms with E-state index in [0.717, 1.165) is 23.2 Å². The first-order chi connectivity index (χ1) is 12.5. The van der Waals surface area contributed by atoms with E-state index >= 15 is 0 Å². The third kappa shape index (κ3) is 6.33. The van der Waals surface area contributed by atoms with Crippen LogP contribution in [0, 0.1) is 6.92 Å². The number of nitrogens with one attached hydrogen (secondary N) is 1. The van der Waals surface area contributed by atoms with Gasteiger partial charge in [-0.25, -0.2) is 0 Å². The average molecular weight is 355 g/mol. The highest BCUT2D eigenvalue weighted by Gasteiger charge is 2.16. The number of benzene rings is 2. The highest BCUT2D eigenvalue weighted by Crippen LogP contribution is 2.15. The first-order valence-electron chi connectivity index (χ1n) is 8.63. The molecule has 5 nitrogen and oxygen atoms in total. The van der Waals surface area contributed by atoms with E-state index in [-0.39, 0.29) is 12.6 Å². The minimum Gasteiger partial charge on any atom is -0.489 e. The Balaban J connectivity index is 1.78. The van der Waals surface area contributed by atoms with Gasteiger partial charge in [-0.05, 0) is 44.0 Å². The number of esters is 1. The molecule has 0 bridgehead atoms. The predicted molar refractivity (Wildman–Crippen MR) is 99.9 cm³/mol. The lowest BCUT2D eigenvalue weighted by Crippen LogP contribution is -2.41. The quantitative estimate of drug-likeness (QED) is 0.553. The third-order valence-electron chi connectivity index (χ3n) is 3.90. The van der Waals surface area contributed by atoms with Gasteiger partial charge in [0.05, 0.1) is 6.04 Å². The van der Waals surface area contributed by atoms with E-state index < -0.39 is 12.0 Å². The van der Waals surface area contributed by atoms with Gasteiger partial charge in [0.15, 0.2) is 0 Å². The fraction of sp³-hybridized carbons (Fsp3) is 0.333. The highest BCUT2D eigenvalue weighted by molar-refractivity contribution is 5.76. The van der Waals surface area contributed by atoms with Crippen molar-refractivity contribution >= 4 is 12.3 Å². The van der Waals surface area contributed by atoms with Crippen molar-refractivity contribution < 1.29 is 19.1 Å². The van der Waals surface area contributed by atoms with Crippen molar-refractivity contribution in [3.8, 4) is 5.75 Å². The second-order valence-electron chi connectivity index (χ2n) is 6.34. The van der Waals surface area contributed by atoms with Crippen molar-refractivity contribution in [1.82, 2.24) is 5.32 Å². The second kappa shape index (κ2) is 9.73. The zero-order valence-electron chi connectivity index (χ0n) is 15.4. The van der Waals surface area contributed by atoms with Crippen LogP contribution in [0.15, 0.2) is 48.5 Å². The molecule has 0 spiro atoms. The number of aryl methyl sites for hydroxylation is 1. The van der Waals surface area contributed by atoms with Crippen LogP contribution in [0.25, 0.3) is 0 Å². The first-order valence-corrected chi connectivity index (χ1v) is 8.63. The molecule has 1 N–H and O–H groups in total. The van der Waals surface area contributed by atoms with Crippen LogP contribution in [0.3, 0.4) is 0 Å². The zero-order valence-corrected chi connectivity index (χ0v) is 15.4. The molecule has 2 atom stereocenters. The zero-order chi connectivity index (χ0) is 18.9. The summed E-state index contributed by atoms with van der Waals surface area (Å²) in [5, 5.41) is 2.85. The van der Waals surface area contributed by atoms with Crippen LogP contribution in [0.5, 0.6) is 5.75 Å². The second-order valence-corrected chi connectivity index (χ2v) is 6.34. The molecule has 26 heavy (non-hydrogen) atoms. The number of hydrogen-bond acceptors (Lipinski definition) is 5. The molecule has 0 aliphatic rings. The van der Waals surface area contributed by atoms with Crippen molar-refractivity contribution in [2.75, 3.05) is 0 Å². The topological polar surface area (TPSA) is 64.6 Å². The number of ether oxygens (including phenoxy) is 2. The minimum atomic E-state index is -0.535. The molecule has 0 heterocycles. The van der Waals surface area contributed by atoms with E-state index in [1.807, 2.05) is 36.4 Å². The molecule has 0 fully saturated rings. The van der Waals surface area contributed by atoms with Crippen LogP contribution < -0.4 is 10.1 Å². The van der Waals surface area contributed by atoms with Crippen LogP contribution in [0.4, 0.5) is 0 Å². The van der Waals surface area contributed by atoms with E-state index in [4.69, 9.17) is 9.47 Å². The molecule has 0 aliphatic carbocycles. The normalized spacial score (nSPS) is 12.9. The van der Waals surface area contributed by atoms with Crippen molar-refractivity contribution in [3.63, 3.8) is 0 Å². The number of carbonyl (C=O) groups is 2. The Hall–Kier alpha value is -2.66.